The first-order valence-corrected chi connectivity index (χ1v) is 7.85. The monoisotopic (exact) mass is 324 g/mol. The first kappa shape index (κ1) is 13.8. The molecule has 4 aromatic rings. The Morgan fingerprint density at radius 1 is 1.22 bits per heavy atom. The highest BCUT2D eigenvalue weighted by atomic mass is 32.1. The molecule has 0 radical (unpaired) electrons. The molecule has 114 valence electrons. The lowest BCUT2D eigenvalue weighted by Gasteiger charge is -2.01. The van der Waals surface area contributed by atoms with Crippen LogP contribution in [0.2, 0.25) is 0 Å². The molecule has 6 nitrogen and oxygen atoms in total. The van der Waals surface area contributed by atoms with Crippen LogP contribution in [0.1, 0.15) is 10.6 Å². The van der Waals surface area contributed by atoms with Crippen LogP contribution in [-0.4, -0.2) is 19.7 Å². The Balaban J connectivity index is 1.67. The van der Waals surface area contributed by atoms with Crippen molar-refractivity contribution in [3.05, 3.63) is 63.8 Å². The van der Waals surface area contributed by atoms with Crippen molar-refractivity contribution in [2.75, 3.05) is 0 Å². The predicted molar refractivity (Wildman–Crippen MR) is 87.5 cm³/mol. The molecule has 0 aliphatic heterocycles. The van der Waals surface area contributed by atoms with Gasteiger partial charge in [0.15, 0.2) is 5.76 Å². The summed E-state index contributed by atoms with van der Waals surface area (Å²) in [5, 5.41) is 4.65. The maximum absolute atomic E-state index is 12.5. The second-order valence-corrected chi connectivity index (χ2v) is 6.38. The van der Waals surface area contributed by atoms with E-state index in [2.05, 4.69) is 15.1 Å². The van der Waals surface area contributed by atoms with Gasteiger partial charge in [0.05, 0.1) is 24.0 Å². The van der Waals surface area contributed by atoms with Gasteiger partial charge in [0.1, 0.15) is 10.5 Å². The van der Waals surface area contributed by atoms with E-state index in [0.717, 1.165) is 15.4 Å². The van der Waals surface area contributed by atoms with Crippen molar-refractivity contribution in [1.29, 1.82) is 0 Å². The highest BCUT2D eigenvalue weighted by molar-refractivity contribution is 7.18. The summed E-state index contributed by atoms with van der Waals surface area (Å²) in [6, 6.07) is 9.24. The number of aryl methyl sites for hydroxylation is 1. The fourth-order valence-electron chi connectivity index (χ4n) is 2.38. The van der Waals surface area contributed by atoms with Gasteiger partial charge in [-0.15, -0.1) is 11.3 Å². The zero-order valence-electron chi connectivity index (χ0n) is 12.3. The molecule has 0 atom stereocenters. The van der Waals surface area contributed by atoms with Crippen LogP contribution >= 0.6 is 11.3 Å². The molecule has 0 aliphatic rings. The van der Waals surface area contributed by atoms with E-state index < -0.39 is 0 Å². The first-order chi connectivity index (χ1) is 11.2. The van der Waals surface area contributed by atoms with Crippen molar-refractivity contribution in [3.63, 3.8) is 0 Å². The second-order valence-electron chi connectivity index (χ2n) is 5.15. The molecule has 0 N–H and O–H groups in total. The molecule has 0 fully saturated rings. The van der Waals surface area contributed by atoms with E-state index in [-0.39, 0.29) is 12.1 Å². The third-order valence-electron chi connectivity index (χ3n) is 3.45. The van der Waals surface area contributed by atoms with Gasteiger partial charge in [-0.3, -0.25) is 14.3 Å². The summed E-state index contributed by atoms with van der Waals surface area (Å²) in [5.74, 6) is 0.584. The maximum atomic E-state index is 12.5. The second kappa shape index (κ2) is 5.44. The van der Waals surface area contributed by atoms with Gasteiger partial charge in [0.25, 0.3) is 5.56 Å². The highest BCUT2D eigenvalue weighted by Crippen LogP contribution is 2.20. The Hall–Kier alpha value is -2.80. The van der Waals surface area contributed by atoms with E-state index in [1.54, 1.807) is 18.6 Å². The molecule has 0 saturated heterocycles. The average molecular weight is 324 g/mol. The Labute approximate surface area is 135 Å². The number of thiophene rings is 1. The van der Waals surface area contributed by atoms with Crippen molar-refractivity contribution < 1.29 is 4.52 Å². The van der Waals surface area contributed by atoms with Crippen LogP contribution < -0.4 is 5.56 Å². The number of aromatic nitrogens is 4. The molecule has 0 aromatic carbocycles. The first-order valence-electron chi connectivity index (χ1n) is 7.03. The number of fused-ring (bicyclic) bond motifs is 1. The molecule has 0 saturated carbocycles. The summed E-state index contributed by atoms with van der Waals surface area (Å²) in [4.78, 5) is 22.9. The molecule has 4 aromatic heterocycles. The summed E-state index contributed by atoms with van der Waals surface area (Å²) >= 11 is 1.51. The third kappa shape index (κ3) is 2.55. The lowest BCUT2D eigenvalue weighted by atomic mass is 10.2. The molecular formula is C16H12N4O2S. The summed E-state index contributed by atoms with van der Waals surface area (Å²) in [6.07, 6.45) is 3.24. The van der Waals surface area contributed by atoms with E-state index >= 15 is 0 Å². The number of pyridine rings is 1. The zero-order chi connectivity index (χ0) is 15.8. The summed E-state index contributed by atoms with van der Waals surface area (Å²) in [5.41, 5.74) is 1.31. The van der Waals surface area contributed by atoms with Gasteiger partial charge >= 0.3 is 0 Å². The lowest BCUT2D eigenvalue weighted by molar-refractivity contribution is 0.376. The number of hydrogen-bond acceptors (Lipinski definition) is 6. The normalized spacial score (nSPS) is 11.2. The van der Waals surface area contributed by atoms with Crippen LogP contribution in [0.4, 0.5) is 0 Å². The molecule has 7 heteroatoms. The minimum absolute atomic E-state index is 0.0739. The fraction of sp³-hybridized carbons (Fsp3) is 0.125. The van der Waals surface area contributed by atoms with Gasteiger partial charge in [-0.2, -0.15) is 0 Å². The summed E-state index contributed by atoms with van der Waals surface area (Å²) < 4.78 is 6.85. The van der Waals surface area contributed by atoms with Gasteiger partial charge in [-0.1, -0.05) is 11.2 Å². The largest absolute Gasteiger partial charge is 0.359 e. The van der Waals surface area contributed by atoms with Crippen molar-refractivity contribution in [3.8, 4) is 11.4 Å². The quantitative estimate of drug-likeness (QED) is 0.579. The van der Waals surface area contributed by atoms with E-state index in [9.17, 15) is 4.79 Å². The average Bonchev–Trinajstić information content (AvgIpc) is 3.18. The van der Waals surface area contributed by atoms with Gasteiger partial charge in [0, 0.05) is 17.1 Å². The topological polar surface area (TPSA) is 73.8 Å². The Morgan fingerprint density at radius 2 is 2.13 bits per heavy atom. The third-order valence-corrected chi connectivity index (χ3v) is 4.41. The lowest BCUT2D eigenvalue weighted by Crippen LogP contribution is -2.20. The van der Waals surface area contributed by atoms with Crippen LogP contribution in [-0.2, 0) is 6.54 Å². The van der Waals surface area contributed by atoms with Crippen molar-refractivity contribution in [2.45, 2.75) is 13.5 Å². The molecule has 0 unspecified atom stereocenters. The molecule has 4 rings (SSSR count). The minimum Gasteiger partial charge on any atom is -0.359 e. The molecular weight excluding hydrogens is 312 g/mol. The van der Waals surface area contributed by atoms with Gasteiger partial charge < -0.3 is 4.52 Å². The fourth-order valence-corrected chi connectivity index (χ4v) is 3.22. The smallest absolute Gasteiger partial charge is 0.262 e. The maximum Gasteiger partial charge on any atom is 0.262 e. The standard InChI is InChI=1S/C16H12N4O2S/c1-10-6-12-15(23-10)18-9-20(16(12)21)8-11-7-14(19-22-11)13-4-2-3-5-17-13/h2-7,9H,8H2,1H3. The summed E-state index contributed by atoms with van der Waals surface area (Å²) in [7, 11) is 0. The number of nitrogens with zero attached hydrogens (tertiary/aromatic N) is 4. The zero-order valence-corrected chi connectivity index (χ0v) is 13.1. The van der Waals surface area contributed by atoms with E-state index in [1.165, 1.54) is 15.9 Å². The Morgan fingerprint density at radius 3 is 2.96 bits per heavy atom. The van der Waals surface area contributed by atoms with Gasteiger partial charge in [-0.25, -0.2) is 4.98 Å². The van der Waals surface area contributed by atoms with Crippen LogP contribution in [0.15, 0.2) is 52.2 Å². The molecule has 4 heterocycles. The van der Waals surface area contributed by atoms with E-state index in [1.807, 2.05) is 31.2 Å². The van der Waals surface area contributed by atoms with Gasteiger partial charge in [0.2, 0.25) is 0 Å². The molecule has 0 aliphatic carbocycles. The van der Waals surface area contributed by atoms with Crippen LogP contribution in [0.5, 0.6) is 0 Å². The van der Waals surface area contributed by atoms with E-state index in [0.29, 0.717) is 16.8 Å². The minimum atomic E-state index is -0.0739. The van der Waals surface area contributed by atoms with E-state index in [4.69, 9.17) is 4.52 Å². The van der Waals surface area contributed by atoms with Crippen molar-refractivity contribution >= 4 is 21.6 Å². The molecule has 23 heavy (non-hydrogen) atoms. The van der Waals surface area contributed by atoms with Crippen molar-refractivity contribution in [2.24, 2.45) is 0 Å². The van der Waals surface area contributed by atoms with Crippen LogP contribution in [0, 0.1) is 6.92 Å². The summed E-state index contributed by atoms with van der Waals surface area (Å²) in [6.45, 7) is 2.25. The number of hydrogen-bond donors (Lipinski definition) is 0. The molecule has 0 spiro atoms. The number of rotatable bonds is 3. The highest BCUT2D eigenvalue weighted by Gasteiger charge is 2.11. The Bertz CT molecular complexity index is 1030. The van der Waals surface area contributed by atoms with Crippen LogP contribution in [0.3, 0.4) is 0 Å². The van der Waals surface area contributed by atoms with Crippen LogP contribution in [0.25, 0.3) is 21.6 Å². The van der Waals surface area contributed by atoms with Gasteiger partial charge in [-0.05, 0) is 25.1 Å². The van der Waals surface area contributed by atoms with Crippen molar-refractivity contribution in [1.82, 2.24) is 19.7 Å². The molecule has 0 bridgehead atoms. The molecule has 0 amide bonds. The Kier molecular flexibility index (Phi) is 3.27. The predicted octanol–water partition coefficient (Wildman–Crippen LogP) is 2.86. The SMILES string of the molecule is Cc1cc2c(=O)n(Cc3cc(-c4ccccn4)no3)cnc2s1.